The lowest BCUT2D eigenvalue weighted by Gasteiger charge is -2.53. The van der Waals surface area contributed by atoms with E-state index in [2.05, 4.69) is 11.9 Å². The lowest BCUT2D eigenvalue weighted by molar-refractivity contribution is -0.202. The standard InChI is InChI=1S/C19H28N2O3/c1-3-4-8-18(22)21-13-19(14-21)11-17(9-10-24-19)23-12-16-7-5-6-15(2)20-16/h5-7,17H,3-4,8-14H2,1-2H3/t17-/m1/s1. The Kier molecular flexibility index (Phi) is 5.51. The van der Waals surface area contributed by atoms with E-state index in [4.69, 9.17) is 9.47 Å². The molecule has 3 heterocycles. The zero-order chi connectivity index (χ0) is 17.0. The van der Waals surface area contributed by atoms with E-state index in [1.54, 1.807) is 0 Å². The van der Waals surface area contributed by atoms with E-state index in [1.165, 1.54) is 0 Å². The third-order valence-corrected chi connectivity index (χ3v) is 4.92. The summed E-state index contributed by atoms with van der Waals surface area (Å²) in [7, 11) is 0. The first-order chi connectivity index (χ1) is 11.6. The minimum absolute atomic E-state index is 0.176. The first-order valence-corrected chi connectivity index (χ1v) is 9.06. The summed E-state index contributed by atoms with van der Waals surface area (Å²) in [4.78, 5) is 18.5. The van der Waals surface area contributed by atoms with Crippen molar-refractivity contribution in [3.63, 3.8) is 0 Å². The van der Waals surface area contributed by atoms with Crippen molar-refractivity contribution in [2.75, 3.05) is 19.7 Å². The summed E-state index contributed by atoms with van der Waals surface area (Å²) < 4.78 is 12.1. The van der Waals surface area contributed by atoms with Gasteiger partial charge in [-0.25, -0.2) is 0 Å². The van der Waals surface area contributed by atoms with Gasteiger partial charge >= 0.3 is 0 Å². The van der Waals surface area contributed by atoms with Gasteiger partial charge < -0.3 is 14.4 Å². The molecule has 24 heavy (non-hydrogen) atoms. The van der Waals surface area contributed by atoms with Gasteiger partial charge in [0.05, 0.1) is 31.5 Å². The lowest BCUT2D eigenvalue weighted by Crippen LogP contribution is -2.67. The topological polar surface area (TPSA) is 51.7 Å². The van der Waals surface area contributed by atoms with Crippen molar-refractivity contribution in [2.24, 2.45) is 0 Å². The number of aryl methyl sites for hydroxylation is 1. The smallest absolute Gasteiger partial charge is 0.222 e. The molecule has 1 aromatic heterocycles. The predicted octanol–water partition coefficient (Wildman–Crippen LogP) is 2.86. The second-order valence-electron chi connectivity index (χ2n) is 7.08. The highest BCUT2D eigenvalue weighted by Crippen LogP contribution is 2.36. The van der Waals surface area contributed by atoms with Gasteiger partial charge in [-0.05, 0) is 31.9 Å². The SMILES string of the molecule is CCCCC(=O)N1CC2(C[C@H](OCc3cccc(C)n3)CCO2)C1. The Hall–Kier alpha value is -1.46. The number of nitrogens with zero attached hydrogens (tertiary/aromatic N) is 2. The maximum absolute atomic E-state index is 12.1. The number of pyridine rings is 1. The number of hydrogen-bond acceptors (Lipinski definition) is 4. The van der Waals surface area contributed by atoms with Gasteiger partial charge in [0.1, 0.15) is 5.60 Å². The van der Waals surface area contributed by atoms with Crippen LogP contribution >= 0.6 is 0 Å². The maximum atomic E-state index is 12.1. The molecular weight excluding hydrogens is 304 g/mol. The summed E-state index contributed by atoms with van der Waals surface area (Å²) in [5, 5.41) is 0. The van der Waals surface area contributed by atoms with E-state index < -0.39 is 0 Å². The van der Waals surface area contributed by atoms with Crippen molar-refractivity contribution in [3.05, 3.63) is 29.6 Å². The number of hydrogen-bond donors (Lipinski definition) is 0. The number of amides is 1. The summed E-state index contributed by atoms with van der Waals surface area (Å²) in [5.41, 5.74) is 1.81. The van der Waals surface area contributed by atoms with E-state index >= 15 is 0 Å². The summed E-state index contributed by atoms with van der Waals surface area (Å²) in [5.74, 6) is 0.262. The molecule has 5 nitrogen and oxygen atoms in total. The van der Waals surface area contributed by atoms with Crippen molar-refractivity contribution >= 4 is 5.91 Å². The van der Waals surface area contributed by atoms with E-state index in [-0.39, 0.29) is 17.6 Å². The number of unbranched alkanes of at least 4 members (excludes halogenated alkanes) is 1. The van der Waals surface area contributed by atoms with Gasteiger partial charge in [0.2, 0.25) is 5.91 Å². The predicted molar refractivity (Wildman–Crippen MR) is 91.6 cm³/mol. The highest BCUT2D eigenvalue weighted by molar-refractivity contribution is 5.77. The van der Waals surface area contributed by atoms with Crippen LogP contribution < -0.4 is 0 Å². The molecule has 1 amide bonds. The third-order valence-electron chi connectivity index (χ3n) is 4.92. The van der Waals surface area contributed by atoms with Crippen LogP contribution in [0.1, 0.15) is 50.4 Å². The van der Waals surface area contributed by atoms with Gasteiger partial charge in [0.15, 0.2) is 0 Å². The number of carbonyl (C=O) groups excluding carboxylic acids is 1. The molecule has 1 aromatic rings. The molecule has 1 atom stereocenters. The molecule has 132 valence electrons. The Morgan fingerprint density at radius 2 is 2.29 bits per heavy atom. The third kappa shape index (κ3) is 4.14. The van der Waals surface area contributed by atoms with Gasteiger partial charge in [-0.3, -0.25) is 9.78 Å². The van der Waals surface area contributed by atoms with Crippen LogP contribution in [0.3, 0.4) is 0 Å². The zero-order valence-electron chi connectivity index (χ0n) is 14.8. The van der Waals surface area contributed by atoms with Gasteiger partial charge in [-0.1, -0.05) is 19.4 Å². The first kappa shape index (κ1) is 17.4. The average Bonchev–Trinajstić information content (AvgIpc) is 2.56. The van der Waals surface area contributed by atoms with Crippen molar-refractivity contribution in [1.29, 1.82) is 0 Å². The van der Waals surface area contributed by atoms with Crippen molar-refractivity contribution in [3.8, 4) is 0 Å². The molecule has 0 saturated carbocycles. The summed E-state index contributed by atoms with van der Waals surface area (Å²) in [6.45, 7) is 6.80. The fraction of sp³-hybridized carbons (Fsp3) is 0.684. The monoisotopic (exact) mass is 332 g/mol. The number of rotatable bonds is 6. The molecule has 0 unspecified atom stereocenters. The average molecular weight is 332 g/mol. The Labute approximate surface area is 144 Å². The summed E-state index contributed by atoms with van der Waals surface area (Å²) in [6.07, 6.45) is 4.66. The molecule has 2 fully saturated rings. The Balaban J connectivity index is 1.46. The molecule has 2 aliphatic heterocycles. The van der Waals surface area contributed by atoms with Crippen molar-refractivity contribution in [2.45, 2.75) is 64.3 Å². The minimum atomic E-state index is -0.176. The van der Waals surface area contributed by atoms with Crippen LogP contribution in [-0.4, -0.2) is 47.2 Å². The molecule has 0 N–H and O–H groups in total. The molecule has 5 heteroatoms. The van der Waals surface area contributed by atoms with E-state index in [9.17, 15) is 4.79 Å². The molecule has 2 saturated heterocycles. The largest absolute Gasteiger partial charge is 0.372 e. The van der Waals surface area contributed by atoms with Crippen LogP contribution in [0, 0.1) is 6.92 Å². The Morgan fingerprint density at radius 1 is 1.46 bits per heavy atom. The lowest BCUT2D eigenvalue weighted by atomic mass is 9.84. The van der Waals surface area contributed by atoms with Crippen LogP contribution in [0.2, 0.25) is 0 Å². The van der Waals surface area contributed by atoms with Crippen molar-refractivity contribution in [1.82, 2.24) is 9.88 Å². The zero-order valence-corrected chi connectivity index (χ0v) is 14.8. The number of ether oxygens (including phenoxy) is 2. The summed E-state index contributed by atoms with van der Waals surface area (Å²) in [6, 6.07) is 6.00. The first-order valence-electron chi connectivity index (χ1n) is 9.06. The summed E-state index contributed by atoms with van der Waals surface area (Å²) >= 11 is 0. The molecular formula is C19H28N2O3. The molecule has 0 aliphatic carbocycles. The fourth-order valence-electron chi connectivity index (χ4n) is 3.54. The highest BCUT2D eigenvalue weighted by atomic mass is 16.5. The molecule has 0 bridgehead atoms. The molecule has 1 spiro atoms. The Bertz CT molecular complexity index is 569. The van der Waals surface area contributed by atoms with Crippen LogP contribution in [0.15, 0.2) is 18.2 Å². The minimum Gasteiger partial charge on any atom is -0.372 e. The second-order valence-corrected chi connectivity index (χ2v) is 7.08. The second kappa shape index (κ2) is 7.62. The van der Waals surface area contributed by atoms with E-state index in [0.717, 1.165) is 50.2 Å². The van der Waals surface area contributed by atoms with E-state index in [1.807, 2.05) is 30.0 Å². The van der Waals surface area contributed by atoms with Gasteiger partial charge in [-0.2, -0.15) is 0 Å². The highest BCUT2D eigenvalue weighted by Gasteiger charge is 2.49. The van der Waals surface area contributed by atoms with Gasteiger partial charge in [0, 0.05) is 25.1 Å². The normalized spacial score (nSPS) is 22.4. The molecule has 0 radical (unpaired) electrons. The molecule has 2 aliphatic rings. The van der Waals surface area contributed by atoms with Gasteiger partial charge in [-0.15, -0.1) is 0 Å². The maximum Gasteiger partial charge on any atom is 0.222 e. The fourth-order valence-corrected chi connectivity index (χ4v) is 3.54. The van der Waals surface area contributed by atoms with E-state index in [0.29, 0.717) is 19.6 Å². The van der Waals surface area contributed by atoms with Crippen LogP contribution in [-0.2, 0) is 20.9 Å². The van der Waals surface area contributed by atoms with Crippen LogP contribution in [0.4, 0.5) is 0 Å². The quantitative estimate of drug-likeness (QED) is 0.804. The molecule has 0 aromatic carbocycles. The van der Waals surface area contributed by atoms with Crippen LogP contribution in [0.5, 0.6) is 0 Å². The Morgan fingerprint density at radius 3 is 3.04 bits per heavy atom. The molecule has 3 rings (SSSR count). The van der Waals surface area contributed by atoms with Crippen molar-refractivity contribution < 1.29 is 14.3 Å². The number of carbonyl (C=O) groups is 1. The van der Waals surface area contributed by atoms with Crippen LogP contribution in [0.25, 0.3) is 0 Å². The number of aromatic nitrogens is 1. The van der Waals surface area contributed by atoms with Gasteiger partial charge in [0.25, 0.3) is 0 Å². The number of likely N-dealkylation sites (tertiary alicyclic amines) is 1.